The van der Waals surface area contributed by atoms with Gasteiger partial charge in [-0.15, -0.1) is 0 Å². The van der Waals surface area contributed by atoms with Crippen LogP contribution in [0.25, 0.3) is 6.08 Å². The van der Waals surface area contributed by atoms with Crippen molar-refractivity contribution in [1.82, 2.24) is 0 Å². The zero-order valence-electron chi connectivity index (χ0n) is 8.27. The lowest BCUT2D eigenvalue weighted by Gasteiger charge is -2.08. The molecule has 2 nitrogen and oxygen atoms in total. The molecule has 74 valence electrons. The Morgan fingerprint density at radius 1 is 1.21 bits per heavy atom. The molecule has 0 N–H and O–H groups in total. The summed E-state index contributed by atoms with van der Waals surface area (Å²) in [4.78, 5) is 0. The molecule has 14 heavy (non-hydrogen) atoms. The summed E-state index contributed by atoms with van der Waals surface area (Å²) in [5.41, 5.74) is 2.30. The van der Waals surface area contributed by atoms with Gasteiger partial charge in [0.2, 0.25) is 0 Å². The Balaban J connectivity index is 2.10. The summed E-state index contributed by atoms with van der Waals surface area (Å²) in [6.45, 7) is 3.43. The van der Waals surface area contributed by atoms with Gasteiger partial charge in [-0.05, 0) is 18.1 Å². The summed E-state index contributed by atoms with van der Waals surface area (Å²) in [7, 11) is 0. The highest BCUT2D eigenvalue weighted by Crippen LogP contribution is 2.16. The highest BCUT2D eigenvalue weighted by atomic mass is 16.7. The van der Waals surface area contributed by atoms with Crippen molar-refractivity contribution in [1.29, 1.82) is 0 Å². The van der Waals surface area contributed by atoms with Crippen molar-refractivity contribution in [2.45, 2.75) is 13.2 Å². The first-order chi connectivity index (χ1) is 6.86. The summed E-state index contributed by atoms with van der Waals surface area (Å²) < 4.78 is 10.8. The fraction of sp³-hybridized carbons (Fsp3) is 0.333. The number of ether oxygens (including phenoxy) is 2. The smallest absolute Gasteiger partial charge is 0.180 e. The van der Waals surface area contributed by atoms with E-state index >= 15 is 0 Å². The SMILES string of the molecule is C/C(=C\c1ccccc1)C1OCCO1. The Labute approximate surface area is 84.2 Å². The third-order valence-corrected chi connectivity index (χ3v) is 2.19. The van der Waals surface area contributed by atoms with E-state index in [1.54, 1.807) is 0 Å². The van der Waals surface area contributed by atoms with Gasteiger partial charge in [0.25, 0.3) is 0 Å². The van der Waals surface area contributed by atoms with Crippen molar-refractivity contribution in [3.8, 4) is 0 Å². The molecule has 0 aromatic heterocycles. The second-order valence-corrected chi connectivity index (χ2v) is 3.37. The van der Waals surface area contributed by atoms with Gasteiger partial charge in [-0.25, -0.2) is 0 Å². The monoisotopic (exact) mass is 190 g/mol. The zero-order valence-corrected chi connectivity index (χ0v) is 8.27. The predicted octanol–water partition coefficient (Wildman–Crippen LogP) is 2.46. The van der Waals surface area contributed by atoms with Crippen LogP contribution in [0.1, 0.15) is 12.5 Å². The molecule has 1 fully saturated rings. The number of benzene rings is 1. The number of rotatable bonds is 2. The Morgan fingerprint density at radius 2 is 1.86 bits per heavy atom. The molecule has 0 bridgehead atoms. The Hall–Kier alpha value is -1.12. The molecule has 0 aliphatic carbocycles. The minimum absolute atomic E-state index is 0.143. The maximum atomic E-state index is 5.40. The van der Waals surface area contributed by atoms with E-state index in [1.807, 2.05) is 25.1 Å². The summed E-state index contributed by atoms with van der Waals surface area (Å²) in [6, 6.07) is 10.2. The van der Waals surface area contributed by atoms with Gasteiger partial charge in [-0.3, -0.25) is 0 Å². The Morgan fingerprint density at radius 3 is 2.50 bits per heavy atom. The first-order valence-corrected chi connectivity index (χ1v) is 4.83. The van der Waals surface area contributed by atoms with Gasteiger partial charge in [-0.1, -0.05) is 36.4 Å². The standard InChI is InChI=1S/C12H14O2/c1-10(12-13-7-8-14-12)9-11-5-3-2-4-6-11/h2-6,9,12H,7-8H2,1H3/b10-9+. The van der Waals surface area contributed by atoms with Gasteiger partial charge < -0.3 is 9.47 Å². The molecule has 2 rings (SSSR count). The number of hydrogen-bond acceptors (Lipinski definition) is 2. The van der Waals surface area contributed by atoms with Gasteiger partial charge in [0, 0.05) is 0 Å². The lowest BCUT2D eigenvalue weighted by atomic mass is 10.1. The highest BCUT2D eigenvalue weighted by Gasteiger charge is 2.17. The minimum atomic E-state index is -0.143. The van der Waals surface area contributed by atoms with Crippen LogP contribution < -0.4 is 0 Å². The lowest BCUT2D eigenvalue weighted by molar-refractivity contribution is -0.0101. The molecule has 1 aliphatic heterocycles. The molecule has 0 atom stereocenters. The second-order valence-electron chi connectivity index (χ2n) is 3.37. The van der Waals surface area contributed by atoms with E-state index in [-0.39, 0.29) is 6.29 Å². The molecule has 1 aromatic rings. The van der Waals surface area contributed by atoms with Crippen LogP contribution in [0, 0.1) is 0 Å². The molecular weight excluding hydrogens is 176 g/mol. The molecule has 0 spiro atoms. The third kappa shape index (κ3) is 2.22. The van der Waals surface area contributed by atoms with E-state index in [2.05, 4.69) is 18.2 Å². The van der Waals surface area contributed by atoms with Gasteiger partial charge in [0.15, 0.2) is 6.29 Å². The van der Waals surface area contributed by atoms with E-state index in [1.165, 1.54) is 5.56 Å². The average Bonchev–Trinajstić information content (AvgIpc) is 2.72. The first-order valence-electron chi connectivity index (χ1n) is 4.83. The molecule has 1 aliphatic rings. The van der Waals surface area contributed by atoms with Crippen LogP contribution in [0.3, 0.4) is 0 Å². The molecule has 0 saturated carbocycles. The van der Waals surface area contributed by atoms with Gasteiger partial charge in [0.05, 0.1) is 13.2 Å². The molecule has 2 heteroatoms. The normalized spacial score (nSPS) is 18.8. The van der Waals surface area contributed by atoms with Crippen LogP contribution in [0.15, 0.2) is 35.9 Å². The van der Waals surface area contributed by atoms with Gasteiger partial charge >= 0.3 is 0 Å². The van der Waals surface area contributed by atoms with Crippen LogP contribution in [-0.4, -0.2) is 19.5 Å². The molecule has 1 saturated heterocycles. The Bertz CT molecular complexity index is 310. The molecular formula is C12H14O2. The number of hydrogen-bond donors (Lipinski definition) is 0. The van der Waals surface area contributed by atoms with Crippen LogP contribution in [0.4, 0.5) is 0 Å². The maximum Gasteiger partial charge on any atom is 0.180 e. The van der Waals surface area contributed by atoms with Gasteiger partial charge in [0.1, 0.15) is 0 Å². The summed E-state index contributed by atoms with van der Waals surface area (Å²) >= 11 is 0. The largest absolute Gasteiger partial charge is 0.346 e. The lowest BCUT2D eigenvalue weighted by Crippen LogP contribution is -2.08. The maximum absolute atomic E-state index is 5.40. The predicted molar refractivity (Wildman–Crippen MR) is 55.8 cm³/mol. The molecule has 1 aromatic carbocycles. The Kier molecular flexibility index (Phi) is 2.96. The van der Waals surface area contributed by atoms with Crippen molar-refractivity contribution in [3.05, 3.63) is 41.5 Å². The fourth-order valence-electron chi connectivity index (χ4n) is 1.50. The van der Waals surface area contributed by atoms with Crippen molar-refractivity contribution < 1.29 is 9.47 Å². The zero-order chi connectivity index (χ0) is 9.80. The fourth-order valence-corrected chi connectivity index (χ4v) is 1.50. The van der Waals surface area contributed by atoms with Crippen molar-refractivity contribution >= 4 is 6.08 Å². The van der Waals surface area contributed by atoms with E-state index < -0.39 is 0 Å². The topological polar surface area (TPSA) is 18.5 Å². The average molecular weight is 190 g/mol. The van der Waals surface area contributed by atoms with E-state index in [0.717, 1.165) is 5.57 Å². The van der Waals surface area contributed by atoms with Crippen LogP contribution in [0.5, 0.6) is 0 Å². The first kappa shape index (κ1) is 9.44. The van der Waals surface area contributed by atoms with E-state index in [0.29, 0.717) is 13.2 Å². The van der Waals surface area contributed by atoms with Crippen molar-refractivity contribution in [2.24, 2.45) is 0 Å². The molecule has 0 radical (unpaired) electrons. The van der Waals surface area contributed by atoms with Crippen molar-refractivity contribution in [2.75, 3.05) is 13.2 Å². The van der Waals surface area contributed by atoms with Crippen LogP contribution in [0.2, 0.25) is 0 Å². The van der Waals surface area contributed by atoms with Crippen LogP contribution >= 0.6 is 0 Å². The highest BCUT2D eigenvalue weighted by molar-refractivity contribution is 5.52. The van der Waals surface area contributed by atoms with Crippen molar-refractivity contribution in [3.63, 3.8) is 0 Å². The summed E-state index contributed by atoms with van der Waals surface area (Å²) in [6.07, 6.45) is 1.95. The second kappa shape index (κ2) is 4.40. The van der Waals surface area contributed by atoms with E-state index in [9.17, 15) is 0 Å². The minimum Gasteiger partial charge on any atom is -0.346 e. The van der Waals surface area contributed by atoms with Crippen LogP contribution in [-0.2, 0) is 9.47 Å². The molecule has 1 heterocycles. The summed E-state index contributed by atoms with van der Waals surface area (Å²) in [5, 5.41) is 0. The quantitative estimate of drug-likeness (QED) is 0.713. The van der Waals surface area contributed by atoms with E-state index in [4.69, 9.17) is 9.47 Å². The molecule has 0 unspecified atom stereocenters. The van der Waals surface area contributed by atoms with Gasteiger partial charge in [-0.2, -0.15) is 0 Å². The molecule has 0 amide bonds. The summed E-state index contributed by atoms with van der Waals surface area (Å²) in [5.74, 6) is 0. The third-order valence-electron chi connectivity index (χ3n) is 2.19.